The number of carbonyl (C=O) groups is 1. The zero-order chi connectivity index (χ0) is 19.6. The van der Waals surface area contributed by atoms with Gasteiger partial charge in [0, 0.05) is 56.7 Å². The lowest BCUT2D eigenvalue weighted by Gasteiger charge is -2.23. The van der Waals surface area contributed by atoms with Crippen molar-refractivity contribution in [2.45, 2.75) is 18.9 Å². The Balaban J connectivity index is 1.14. The minimum absolute atomic E-state index is 0.0495. The number of nitrogens with zero attached hydrogens (tertiary/aromatic N) is 4. The van der Waals surface area contributed by atoms with Crippen LogP contribution in [-0.2, 0) is 4.74 Å². The number of aromatic nitrogens is 2. The van der Waals surface area contributed by atoms with Gasteiger partial charge in [0.05, 0.1) is 11.8 Å². The number of benzene rings is 1. The number of hydrogen-bond acceptors (Lipinski definition) is 5. The second kappa shape index (κ2) is 7.99. The van der Waals surface area contributed by atoms with Gasteiger partial charge in [-0.15, -0.1) is 10.2 Å². The molecule has 1 N–H and O–H groups in total. The Morgan fingerprint density at radius 2 is 1.83 bits per heavy atom. The first-order chi connectivity index (χ1) is 14.3. The molecule has 3 unspecified atom stereocenters. The summed E-state index contributed by atoms with van der Waals surface area (Å²) in [4.78, 5) is 16.7. The quantitative estimate of drug-likeness (QED) is 0.864. The monoisotopic (exact) mass is 393 g/mol. The summed E-state index contributed by atoms with van der Waals surface area (Å²) in [5, 5.41) is 11.9. The predicted octanol–water partition coefficient (Wildman–Crippen LogP) is 2.40. The lowest BCUT2D eigenvalue weighted by molar-refractivity contribution is 0.109. The summed E-state index contributed by atoms with van der Waals surface area (Å²) in [5.41, 5.74) is 1.97. The van der Waals surface area contributed by atoms with E-state index < -0.39 is 0 Å². The predicted molar refractivity (Wildman–Crippen MR) is 111 cm³/mol. The molecule has 1 aromatic carbocycles. The summed E-state index contributed by atoms with van der Waals surface area (Å²) < 4.78 is 5.59. The number of urea groups is 1. The number of fused-ring (bicyclic) bond motifs is 1. The van der Waals surface area contributed by atoms with Crippen molar-refractivity contribution in [1.82, 2.24) is 20.4 Å². The van der Waals surface area contributed by atoms with Gasteiger partial charge in [-0.2, -0.15) is 0 Å². The van der Waals surface area contributed by atoms with Gasteiger partial charge in [-0.1, -0.05) is 30.3 Å². The van der Waals surface area contributed by atoms with Gasteiger partial charge in [0.15, 0.2) is 5.82 Å². The molecule has 0 bridgehead atoms. The van der Waals surface area contributed by atoms with Crippen LogP contribution in [0.15, 0.2) is 42.5 Å². The fourth-order valence-electron chi connectivity index (χ4n) is 4.72. The van der Waals surface area contributed by atoms with Crippen LogP contribution in [0.4, 0.5) is 10.6 Å². The van der Waals surface area contributed by atoms with Crippen molar-refractivity contribution in [3.05, 3.63) is 42.5 Å². The minimum atomic E-state index is 0.0495. The number of likely N-dealkylation sites (tertiary alicyclic amines) is 1. The van der Waals surface area contributed by atoms with Gasteiger partial charge in [-0.05, 0) is 25.0 Å². The number of rotatable bonds is 4. The van der Waals surface area contributed by atoms with Crippen molar-refractivity contribution in [3.8, 4) is 11.3 Å². The van der Waals surface area contributed by atoms with E-state index in [0.717, 1.165) is 62.7 Å². The van der Waals surface area contributed by atoms with E-state index in [-0.39, 0.29) is 12.1 Å². The molecule has 3 fully saturated rings. The molecular formula is C22H27N5O2. The number of ether oxygens (including phenoxy) is 1. The molecule has 3 saturated heterocycles. The van der Waals surface area contributed by atoms with Crippen molar-refractivity contribution in [2.24, 2.45) is 11.8 Å². The van der Waals surface area contributed by atoms with Gasteiger partial charge in [0.25, 0.3) is 0 Å². The third-order valence-corrected chi connectivity index (χ3v) is 6.32. The van der Waals surface area contributed by atoms with E-state index in [0.29, 0.717) is 18.4 Å². The molecule has 7 heteroatoms. The van der Waals surface area contributed by atoms with E-state index in [4.69, 9.17) is 4.74 Å². The van der Waals surface area contributed by atoms with Crippen LogP contribution in [0.25, 0.3) is 11.3 Å². The number of nitrogens with one attached hydrogen (secondary N) is 1. The fourth-order valence-corrected chi connectivity index (χ4v) is 4.72. The van der Waals surface area contributed by atoms with Gasteiger partial charge < -0.3 is 19.9 Å². The van der Waals surface area contributed by atoms with Gasteiger partial charge in [-0.25, -0.2) is 4.79 Å². The van der Waals surface area contributed by atoms with Crippen molar-refractivity contribution in [3.63, 3.8) is 0 Å². The molecule has 2 aromatic rings. The van der Waals surface area contributed by atoms with Crippen LogP contribution < -0.4 is 10.2 Å². The summed E-state index contributed by atoms with van der Waals surface area (Å²) >= 11 is 0. The first kappa shape index (κ1) is 18.4. The number of amides is 2. The van der Waals surface area contributed by atoms with Crippen molar-refractivity contribution < 1.29 is 9.53 Å². The molecule has 0 saturated carbocycles. The third-order valence-electron chi connectivity index (χ3n) is 6.32. The van der Waals surface area contributed by atoms with Gasteiger partial charge >= 0.3 is 6.03 Å². The largest absolute Gasteiger partial charge is 0.376 e. The summed E-state index contributed by atoms with van der Waals surface area (Å²) in [5.74, 6) is 1.92. The Hall–Kier alpha value is -2.67. The molecule has 3 aliphatic rings. The van der Waals surface area contributed by atoms with Crippen LogP contribution in [0.1, 0.15) is 12.8 Å². The van der Waals surface area contributed by atoms with E-state index in [9.17, 15) is 4.79 Å². The molecule has 2 amide bonds. The molecule has 3 aliphatic heterocycles. The highest BCUT2D eigenvalue weighted by molar-refractivity contribution is 5.74. The summed E-state index contributed by atoms with van der Waals surface area (Å²) in [7, 11) is 0. The first-order valence-corrected chi connectivity index (χ1v) is 10.5. The Morgan fingerprint density at radius 3 is 2.48 bits per heavy atom. The zero-order valence-corrected chi connectivity index (χ0v) is 16.5. The molecule has 29 heavy (non-hydrogen) atoms. The molecule has 0 radical (unpaired) electrons. The number of anilines is 1. The van der Waals surface area contributed by atoms with E-state index in [1.165, 1.54) is 0 Å². The number of hydrogen-bond donors (Lipinski definition) is 1. The lowest BCUT2D eigenvalue weighted by atomic mass is 10.0. The Morgan fingerprint density at radius 1 is 1.03 bits per heavy atom. The molecule has 1 aromatic heterocycles. The maximum absolute atomic E-state index is 12.5. The molecule has 0 spiro atoms. The average Bonchev–Trinajstić information content (AvgIpc) is 3.49. The third kappa shape index (κ3) is 3.92. The summed E-state index contributed by atoms with van der Waals surface area (Å²) in [6.45, 7) is 4.93. The molecule has 0 aliphatic carbocycles. The molecule has 5 rings (SSSR count). The Labute approximate surface area is 171 Å². The van der Waals surface area contributed by atoms with Crippen LogP contribution in [0.5, 0.6) is 0 Å². The topological polar surface area (TPSA) is 70.6 Å². The normalized spacial score (nSPS) is 26.0. The Bertz CT molecular complexity index is 824. The smallest absolute Gasteiger partial charge is 0.317 e. The highest BCUT2D eigenvalue weighted by Crippen LogP contribution is 2.33. The van der Waals surface area contributed by atoms with Crippen LogP contribution in [0.3, 0.4) is 0 Å². The van der Waals surface area contributed by atoms with Crippen LogP contribution in [0, 0.1) is 11.8 Å². The molecular weight excluding hydrogens is 366 g/mol. The highest BCUT2D eigenvalue weighted by atomic mass is 16.5. The summed E-state index contributed by atoms with van der Waals surface area (Å²) in [6, 6.07) is 14.3. The number of carbonyl (C=O) groups excluding carboxylic acids is 1. The van der Waals surface area contributed by atoms with Crippen molar-refractivity contribution in [1.29, 1.82) is 0 Å². The summed E-state index contributed by atoms with van der Waals surface area (Å²) in [6.07, 6.45) is 2.33. The molecule has 3 atom stereocenters. The minimum Gasteiger partial charge on any atom is -0.376 e. The maximum atomic E-state index is 12.5. The Kier molecular flexibility index (Phi) is 5.06. The van der Waals surface area contributed by atoms with Crippen LogP contribution in [-0.4, -0.2) is 66.6 Å². The van der Waals surface area contributed by atoms with Crippen molar-refractivity contribution >= 4 is 11.8 Å². The second-order valence-electron chi connectivity index (χ2n) is 8.29. The van der Waals surface area contributed by atoms with Crippen LogP contribution in [0.2, 0.25) is 0 Å². The standard InChI is InChI=1S/C22H27N5O2/c28-22(23-11-19-7-4-10-29-19)27-14-17-12-26(13-18(17)15-27)21-9-8-20(24-25-21)16-5-2-1-3-6-16/h1-3,5-6,8-9,17-19H,4,7,10-15H2,(H,23,28). The zero-order valence-electron chi connectivity index (χ0n) is 16.5. The van der Waals surface area contributed by atoms with Gasteiger partial charge in [0.2, 0.25) is 0 Å². The first-order valence-electron chi connectivity index (χ1n) is 10.5. The van der Waals surface area contributed by atoms with Gasteiger partial charge in [0.1, 0.15) is 0 Å². The van der Waals surface area contributed by atoms with Gasteiger partial charge in [-0.3, -0.25) is 0 Å². The fraction of sp³-hybridized carbons (Fsp3) is 0.500. The maximum Gasteiger partial charge on any atom is 0.317 e. The molecule has 152 valence electrons. The molecule has 7 nitrogen and oxygen atoms in total. The lowest BCUT2D eigenvalue weighted by Crippen LogP contribution is -2.43. The SMILES string of the molecule is O=C(NCC1CCCO1)N1CC2CN(c3ccc(-c4ccccc4)nn3)CC2C1. The van der Waals surface area contributed by atoms with E-state index in [1.54, 1.807) is 0 Å². The van der Waals surface area contributed by atoms with Crippen molar-refractivity contribution in [2.75, 3.05) is 44.2 Å². The second-order valence-corrected chi connectivity index (χ2v) is 8.29. The highest BCUT2D eigenvalue weighted by Gasteiger charge is 2.42. The van der Waals surface area contributed by atoms with E-state index >= 15 is 0 Å². The average molecular weight is 393 g/mol. The van der Waals surface area contributed by atoms with E-state index in [2.05, 4.69) is 26.5 Å². The van der Waals surface area contributed by atoms with Crippen LogP contribution >= 0.6 is 0 Å². The molecule has 4 heterocycles. The van der Waals surface area contributed by atoms with E-state index in [1.807, 2.05) is 41.3 Å².